The highest BCUT2D eigenvalue weighted by molar-refractivity contribution is 5.46. The molecule has 1 aromatic heterocycles. The van der Waals surface area contributed by atoms with Crippen molar-refractivity contribution in [3.05, 3.63) is 35.9 Å². The Morgan fingerprint density at radius 2 is 2.21 bits per heavy atom. The smallest absolute Gasteiger partial charge is 0.166 e. The van der Waals surface area contributed by atoms with Crippen LogP contribution in [0.3, 0.4) is 0 Å². The summed E-state index contributed by atoms with van der Waals surface area (Å²) >= 11 is 0. The average molecular weight is 266 g/mol. The Labute approximate surface area is 109 Å². The minimum atomic E-state index is -0.670. The summed E-state index contributed by atoms with van der Waals surface area (Å²) in [5.74, 6) is -1.04. The lowest BCUT2D eigenvalue weighted by atomic mass is 10.3. The normalized spacial score (nSPS) is 10.6. The molecule has 1 aromatic carbocycles. The zero-order chi connectivity index (χ0) is 13.7. The van der Waals surface area contributed by atoms with Gasteiger partial charge in [-0.1, -0.05) is 5.21 Å². The molecular formula is C12H15FN4O2. The van der Waals surface area contributed by atoms with Crippen molar-refractivity contribution in [3.63, 3.8) is 0 Å². The Bertz CT molecular complexity index is 544. The summed E-state index contributed by atoms with van der Waals surface area (Å²) in [6.45, 7) is 1.13. The molecule has 0 aliphatic rings. The van der Waals surface area contributed by atoms with Crippen LogP contribution in [0.2, 0.25) is 0 Å². The fourth-order valence-corrected chi connectivity index (χ4v) is 1.57. The molecule has 0 saturated heterocycles. The van der Waals surface area contributed by atoms with Gasteiger partial charge >= 0.3 is 0 Å². The summed E-state index contributed by atoms with van der Waals surface area (Å²) in [6.07, 6.45) is 2.39. The van der Waals surface area contributed by atoms with Crippen molar-refractivity contribution >= 4 is 5.69 Å². The molecule has 0 aliphatic heterocycles. The van der Waals surface area contributed by atoms with Crippen LogP contribution in [0, 0.1) is 5.82 Å². The number of hydrogen-bond donors (Lipinski definition) is 3. The van der Waals surface area contributed by atoms with E-state index < -0.39 is 5.82 Å². The van der Waals surface area contributed by atoms with Gasteiger partial charge in [-0.3, -0.25) is 4.68 Å². The molecule has 0 saturated carbocycles. The number of aromatic hydroxyl groups is 1. The first-order chi connectivity index (χ1) is 9.19. The van der Waals surface area contributed by atoms with Crippen molar-refractivity contribution in [2.75, 3.05) is 11.9 Å². The number of aromatic nitrogens is 3. The van der Waals surface area contributed by atoms with Crippen LogP contribution < -0.4 is 5.32 Å². The molecule has 0 unspecified atom stereocenters. The zero-order valence-electron chi connectivity index (χ0n) is 10.3. The summed E-state index contributed by atoms with van der Waals surface area (Å²) in [4.78, 5) is 0. The van der Waals surface area contributed by atoms with E-state index in [-0.39, 0.29) is 12.4 Å². The van der Waals surface area contributed by atoms with Crippen molar-refractivity contribution < 1.29 is 14.6 Å². The molecule has 3 N–H and O–H groups in total. The summed E-state index contributed by atoms with van der Waals surface area (Å²) < 4.78 is 14.7. The third-order valence-electron chi connectivity index (χ3n) is 2.55. The van der Waals surface area contributed by atoms with E-state index in [4.69, 9.17) is 10.2 Å². The number of benzene rings is 1. The van der Waals surface area contributed by atoms with Gasteiger partial charge in [0.05, 0.1) is 12.7 Å². The highest BCUT2D eigenvalue weighted by Crippen LogP contribution is 2.19. The van der Waals surface area contributed by atoms with Crippen LogP contribution in [0.4, 0.5) is 10.1 Å². The number of phenolic OH excluding ortho intramolecular Hbond substituents is 1. The number of anilines is 1. The molecule has 19 heavy (non-hydrogen) atoms. The van der Waals surface area contributed by atoms with Crippen LogP contribution in [0.5, 0.6) is 5.75 Å². The first-order valence-electron chi connectivity index (χ1n) is 5.91. The molecule has 7 heteroatoms. The lowest BCUT2D eigenvalue weighted by Crippen LogP contribution is -2.01. The molecule has 0 aliphatic carbocycles. The van der Waals surface area contributed by atoms with Gasteiger partial charge in [-0.15, -0.1) is 5.10 Å². The molecule has 102 valence electrons. The molecule has 0 atom stereocenters. The summed E-state index contributed by atoms with van der Waals surface area (Å²) in [7, 11) is 0. The van der Waals surface area contributed by atoms with Gasteiger partial charge in [0.15, 0.2) is 11.6 Å². The van der Waals surface area contributed by atoms with Gasteiger partial charge in [-0.25, -0.2) is 4.39 Å². The summed E-state index contributed by atoms with van der Waals surface area (Å²) in [5.41, 5.74) is 1.27. The number of aryl methyl sites for hydroxylation is 1. The maximum atomic E-state index is 13.1. The van der Waals surface area contributed by atoms with Gasteiger partial charge in [0.1, 0.15) is 5.69 Å². The first-order valence-corrected chi connectivity index (χ1v) is 5.91. The zero-order valence-corrected chi connectivity index (χ0v) is 10.3. The highest BCUT2D eigenvalue weighted by Gasteiger charge is 2.03. The van der Waals surface area contributed by atoms with Crippen molar-refractivity contribution in [2.24, 2.45) is 0 Å². The average Bonchev–Trinajstić information content (AvgIpc) is 2.86. The molecule has 0 fully saturated rings. The third kappa shape index (κ3) is 3.65. The Morgan fingerprint density at radius 3 is 2.95 bits per heavy atom. The van der Waals surface area contributed by atoms with Gasteiger partial charge in [0, 0.05) is 24.9 Å². The molecule has 6 nitrogen and oxygen atoms in total. The second-order valence-corrected chi connectivity index (χ2v) is 4.07. The van der Waals surface area contributed by atoms with Crippen LogP contribution >= 0.6 is 0 Å². The lowest BCUT2D eigenvalue weighted by molar-refractivity contribution is 0.276. The number of nitrogens with zero attached hydrogens (tertiary/aromatic N) is 3. The molecule has 2 rings (SSSR count). The van der Waals surface area contributed by atoms with Crippen molar-refractivity contribution in [1.29, 1.82) is 0 Å². The van der Waals surface area contributed by atoms with Gasteiger partial charge in [-0.2, -0.15) is 0 Å². The number of hydrogen-bond acceptors (Lipinski definition) is 5. The maximum Gasteiger partial charge on any atom is 0.166 e. The number of aliphatic hydroxyl groups is 1. The molecule has 0 radical (unpaired) electrons. The molecule has 0 bridgehead atoms. The van der Waals surface area contributed by atoms with E-state index >= 15 is 0 Å². The van der Waals surface area contributed by atoms with Crippen LogP contribution in [0.1, 0.15) is 12.1 Å². The van der Waals surface area contributed by atoms with Gasteiger partial charge in [-0.05, 0) is 18.6 Å². The van der Waals surface area contributed by atoms with E-state index in [1.165, 1.54) is 12.1 Å². The van der Waals surface area contributed by atoms with E-state index in [2.05, 4.69) is 15.6 Å². The number of rotatable bonds is 6. The summed E-state index contributed by atoms with van der Waals surface area (Å²) in [5, 5.41) is 28.6. The van der Waals surface area contributed by atoms with E-state index in [0.717, 1.165) is 0 Å². The molecular weight excluding hydrogens is 251 g/mol. The van der Waals surface area contributed by atoms with Crippen molar-refractivity contribution in [3.8, 4) is 5.75 Å². The van der Waals surface area contributed by atoms with Gasteiger partial charge < -0.3 is 15.5 Å². The van der Waals surface area contributed by atoms with Crippen molar-refractivity contribution in [1.82, 2.24) is 15.0 Å². The highest BCUT2D eigenvalue weighted by atomic mass is 19.1. The maximum absolute atomic E-state index is 13.1. The predicted molar refractivity (Wildman–Crippen MR) is 67.1 cm³/mol. The van der Waals surface area contributed by atoms with Crippen LogP contribution in [0.25, 0.3) is 0 Å². The number of phenols is 1. The Hall–Kier alpha value is -2.15. The minimum absolute atomic E-state index is 0.111. The monoisotopic (exact) mass is 266 g/mol. The van der Waals surface area contributed by atoms with E-state index in [0.29, 0.717) is 30.9 Å². The topological polar surface area (TPSA) is 83.2 Å². The number of halogens is 1. The van der Waals surface area contributed by atoms with Crippen LogP contribution in [-0.4, -0.2) is 31.8 Å². The lowest BCUT2D eigenvalue weighted by Gasteiger charge is -2.04. The Morgan fingerprint density at radius 1 is 1.37 bits per heavy atom. The quantitative estimate of drug-likeness (QED) is 0.682. The van der Waals surface area contributed by atoms with E-state index in [9.17, 15) is 4.39 Å². The van der Waals surface area contributed by atoms with E-state index in [1.807, 2.05) is 0 Å². The Kier molecular flexibility index (Phi) is 4.30. The number of nitrogens with one attached hydrogen (secondary N) is 1. The van der Waals surface area contributed by atoms with Crippen LogP contribution in [0.15, 0.2) is 24.4 Å². The van der Waals surface area contributed by atoms with Gasteiger partial charge in [0.2, 0.25) is 0 Å². The standard InChI is InChI=1S/C12H15FN4O2/c13-11-6-9(2-3-12(11)19)14-7-10-8-17(16-15-10)4-1-5-18/h2-3,6,8,14,18-19H,1,4-5,7H2. The number of aliphatic hydroxyl groups excluding tert-OH is 1. The fraction of sp³-hybridized carbons (Fsp3) is 0.333. The molecule has 0 spiro atoms. The second kappa shape index (κ2) is 6.14. The van der Waals surface area contributed by atoms with Crippen LogP contribution in [-0.2, 0) is 13.1 Å². The second-order valence-electron chi connectivity index (χ2n) is 4.07. The minimum Gasteiger partial charge on any atom is -0.505 e. The van der Waals surface area contributed by atoms with Crippen molar-refractivity contribution in [2.45, 2.75) is 19.5 Å². The fourth-order valence-electron chi connectivity index (χ4n) is 1.57. The molecule has 1 heterocycles. The largest absolute Gasteiger partial charge is 0.505 e. The SMILES string of the molecule is OCCCn1cc(CNc2ccc(O)c(F)c2)nn1. The predicted octanol–water partition coefficient (Wildman–Crippen LogP) is 1.12. The third-order valence-corrected chi connectivity index (χ3v) is 2.55. The first kappa shape index (κ1) is 13.3. The molecule has 2 aromatic rings. The van der Waals surface area contributed by atoms with Gasteiger partial charge in [0.25, 0.3) is 0 Å². The molecule has 0 amide bonds. The summed E-state index contributed by atoms with van der Waals surface area (Å²) in [6, 6.07) is 4.08. The van der Waals surface area contributed by atoms with E-state index in [1.54, 1.807) is 16.9 Å². The Balaban J connectivity index is 1.91.